The van der Waals surface area contributed by atoms with Crippen LogP contribution in [-0.4, -0.2) is 18.0 Å². The average molecular weight is 311 g/mol. The van der Waals surface area contributed by atoms with Gasteiger partial charge < -0.3 is 4.42 Å². The predicted molar refractivity (Wildman–Crippen MR) is 78.3 cm³/mol. The monoisotopic (exact) mass is 310 g/mol. The van der Waals surface area contributed by atoms with E-state index in [1.54, 1.807) is 6.07 Å². The minimum atomic E-state index is 0.460. The van der Waals surface area contributed by atoms with Gasteiger partial charge in [0.05, 0.1) is 0 Å². The maximum Gasteiger partial charge on any atom is 0.248 e. The van der Waals surface area contributed by atoms with Crippen LogP contribution in [0, 0.1) is 0 Å². The van der Waals surface area contributed by atoms with Crippen LogP contribution in [0.3, 0.4) is 0 Å². The van der Waals surface area contributed by atoms with Gasteiger partial charge in [-0.2, -0.15) is 0 Å². The maximum atomic E-state index is 5.74. The van der Waals surface area contributed by atoms with Crippen molar-refractivity contribution in [1.82, 2.24) is 10.2 Å². The van der Waals surface area contributed by atoms with Crippen molar-refractivity contribution in [2.75, 3.05) is 0 Å². The average Bonchev–Trinajstić information content (AvgIpc) is 2.88. The molecule has 0 saturated heterocycles. The van der Waals surface area contributed by atoms with Gasteiger partial charge in [-0.25, -0.2) is 0 Å². The molecule has 2 radical (unpaired) electrons. The quantitative estimate of drug-likeness (QED) is 0.683. The normalized spacial score (nSPS) is 10.6. The van der Waals surface area contributed by atoms with Crippen LogP contribution in [0.4, 0.5) is 0 Å². The van der Waals surface area contributed by atoms with Crippen LogP contribution in [0.5, 0.6) is 0 Å². The SMILES string of the molecule is [B]c1cccc(-c2nnc(-c3cccc(Br)c3)o2)c1. The second-order valence-corrected chi connectivity index (χ2v) is 4.96. The van der Waals surface area contributed by atoms with Gasteiger partial charge in [0.2, 0.25) is 11.8 Å². The summed E-state index contributed by atoms with van der Waals surface area (Å²) < 4.78 is 6.63. The maximum absolute atomic E-state index is 5.74. The molecule has 0 aliphatic heterocycles. The summed E-state index contributed by atoms with van der Waals surface area (Å²) in [4.78, 5) is 0. The molecule has 0 fully saturated rings. The lowest BCUT2D eigenvalue weighted by atomic mass is 9.94. The fourth-order valence-corrected chi connectivity index (χ4v) is 2.15. The summed E-state index contributed by atoms with van der Waals surface area (Å²) in [6.45, 7) is 0. The van der Waals surface area contributed by atoms with Gasteiger partial charge in [-0.15, -0.1) is 10.2 Å². The van der Waals surface area contributed by atoms with Crippen molar-refractivity contribution in [3.05, 3.63) is 53.0 Å². The molecule has 0 saturated carbocycles. The molecule has 90 valence electrons. The van der Waals surface area contributed by atoms with E-state index in [0.29, 0.717) is 17.2 Å². The number of hydrogen-bond donors (Lipinski definition) is 0. The van der Waals surface area contributed by atoms with E-state index in [-0.39, 0.29) is 0 Å². The molecule has 1 heterocycles. The fraction of sp³-hybridized carbons (Fsp3) is 0. The Morgan fingerprint density at radius 1 is 0.895 bits per heavy atom. The van der Waals surface area contributed by atoms with E-state index in [1.807, 2.05) is 42.5 Å². The van der Waals surface area contributed by atoms with E-state index in [2.05, 4.69) is 26.1 Å². The Bertz CT molecular complexity index is 667. The highest BCUT2D eigenvalue weighted by Crippen LogP contribution is 2.25. The van der Waals surface area contributed by atoms with Gasteiger partial charge in [0.15, 0.2) is 0 Å². The standard InChI is InChI=1S/C14H8BBrN2O/c15-11-5-1-3-9(7-11)13-17-18-14(19-13)10-4-2-6-12(16)8-10/h1-8H. The Morgan fingerprint density at radius 2 is 1.53 bits per heavy atom. The molecule has 0 spiro atoms. The van der Waals surface area contributed by atoms with Crippen LogP contribution in [0.25, 0.3) is 22.9 Å². The third-order valence-corrected chi connectivity index (χ3v) is 3.12. The first-order valence-electron chi connectivity index (χ1n) is 5.68. The van der Waals surface area contributed by atoms with Crippen molar-refractivity contribution in [2.24, 2.45) is 0 Å². The Balaban J connectivity index is 2.00. The zero-order chi connectivity index (χ0) is 13.2. The molecule has 0 aliphatic rings. The number of halogens is 1. The van der Waals surface area contributed by atoms with E-state index >= 15 is 0 Å². The highest BCUT2D eigenvalue weighted by molar-refractivity contribution is 9.10. The molecule has 0 atom stereocenters. The summed E-state index contributed by atoms with van der Waals surface area (Å²) in [6.07, 6.45) is 0. The lowest BCUT2D eigenvalue weighted by Gasteiger charge is -1.97. The molecule has 2 aromatic carbocycles. The first kappa shape index (κ1) is 12.2. The summed E-state index contributed by atoms with van der Waals surface area (Å²) in [5.41, 5.74) is 2.35. The number of nitrogens with zero attached hydrogens (tertiary/aromatic N) is 2. The zero-order valence-corrected chi connectivity index (χ0v) is 11.5. The minimum Gasteiger partial charge on any atom is -0.416 e. The third-order valence-electron chi connectivity index (χ3n) is 2.63. The largest absolute Gasteiger partial charge is 0.416 e. The Kier molecular flexibility index (Phi) is 3.21. The lowest BCUT2D eigenvalue weighted by molar-refractivity contribution is 0.584. The first-order chi connectivity index (χ1) is 9.22. The second kappa shape index (κ2) is 5.01. The van der Waals surface area contributed by atoms with Crippen LogP contribution in [0.1, 0.15) is 0 Å². The van der Waals surface area contributed by atoms with Crippen molar-refractivity contribution in [3.63, 3.8) is 0 Å². The molecular weight excluding hydrogens is 303 g/mol. The molecular formula is C14H8BBrN2O. The van der Waals surface area contributed by atoms with Crippen LogP contribution < -0.4 is 5.46 Å². The van der Waals surface area contributed by atoms with Gasteiger partial charge in [0.1, 0.15) is 7.85 Å². The minimum absolute atomic E-state index is 0.460. The summed E-state index contributed by atoms with van der Waals surface area (Å²) >= 11 is 3.41. The zero-order valence-electron chi connectivity index (χ0n) is 9.88. The van der Waals surface area contributed by atoms with Gasteiger partial charge in [0.25, 0.3) is 0 Å². The van der Waals surface area contributed by atoms with Crippen LogP contribution in [0.15, 0.2) is 57.4 Å². The van der Waals surface area contributed by atoms with E-state index in [0.717, 1.165) is 15.6 Å². The highest BCUT2D eigenvalue weighted by Gasteiger charge is 2.10. The smallest absolute Gasteiger partial charge is 0.248 e. The van der Waals surface area contributed by atoms with E-state index in [1.165, 1.54) is 0 Å². The van der Waals surface area contributed by atoms with Crippen molar-refractivity contribution in [2.45, 2.75) is 0 Å². The van der Waals surface area contributed by atoms with E-state index in [9.17, 15) is 0 Å². The van der Waals surface area contributed by atoms with Crippen molar-refractivity contribution >= 4 is 29.2 Å². The van der Waals surface area contributed by atoms with Crippen LogP contribution in [-0.2, 0) is 0 Å². The Hall–Kier alpha value is -1.88. The number of hydrogen-bond acceptors (Lipinski definition) is 3. The molecule has 0 bridgehead atoms. The summed E-state index contributed by atoms with van der Waals surface area (Å²) in [6, 6.07) is 15.1. The third kappa shape index (κ3) is 2.61. The molecule has 3 aromatic rings. The van der Waals surface area contributed by atoms with Gasteiger partial charge in [-0.3, -0.25) is 0 Å². The summed E-state index contributed by atoms with van der Waals surface area (Å²) in [5, 5.41) is 8.10. The Morgan fingerprint density at radius 3 is 2.16 bits per heavy atom. The Labute approximate surface area is 120 Å². The number of benzene rings is 2. The van der Waals surface area contributed by atoms with E-state index < -0.39 is 0 Å². The van der Waals surface area contributed by atoms with E-state index in [4.69, 9.17) is 12.3 Å². The summed E-state index contributed by atoms with van der Waals surface area (Å²) in [5.74, 6) is 0.945. The molecule has 5 heteroatoms. The molecule has 1 aromatic heterocycles. The molecule has 0 aliphatic carbocycles. The first-order valence-corrected chi connectivity index (χ1v) is 6.47. The topological polar surface area (TPSA) is 38.9 Å². The molecule has 3 nitrogen and oxygen atoms in total. The molecule has 0 amide bonds. The van der Waals surface area contributed by atoms with Gasteiger partial charge >= 0.3 is 0 Å². The summed E-state index contributed by atoms with van der Waals surface area (Å²) in [7, 11) is 5.74. The molecule has 19 heavy (non-hydrogen) atoms. The predicted octanol–water partition coefficient (Wildman–Crippen LogP) is 2.96. The lowest BCUT2D eigenvalue weighted by Crippen LogP contribution is -2.00. The van der Waals surface area contributed by atoms with Gasteiger partial charge in [0, 0.05) is 15.6 Å². The van der Waals surface area contributed by atoms with Crippen molar-refractivity contribution in [1.29, 1.82) is 0 Å². The van der Waals surface area contributed by atoms with Crippen LogP contribution >= 0.6 is 15.9 Å². The van der Waals surface area contributed by atoms with Gasteiger partial charge in [-0.1, -0.05) is 45.7 Å². The molecule has 3 rings (SSSR count). The van der Waals surface area contributed by atoms with Gasteiger partial charge in [-0.05, 0) is 24.3 Å². The second-order valence-electron chi connectivity index (χ2n) is 4.05. The highest BCUT2D eigenvalue weighted by atomic mass is 79.9. The fourth-order valence-electron chi connectivity index (χ4n) is 1.75. The van der Waals surface area contributed by atoms with Crippen molar-refractivity contribution in [3.8, 4) is 22.9 Å². The number of rotatable bonds is 2. The van der Waals surface area contributed by atoms with Crippen LogP contribution in [0.2, 0.25) is 0 Å². The van der Waals surface area contributed by atoms with Crippen molar-refractivity contribution < 1.29 is 4.42 Å². The molecule has 0 unspecified atom stereocenters. The molecule has 0 N–H and O–H groups in total. The number of aromatic nitrogens is 2.